The summed E-state index contributed by atoms with van der Waals surface area (Å²) < 4.78 is 0. The van der Waals surface area contributed by atoms with E-state index in [2.05, 4.69) is 21.0 Å². The van der Waals surface area contributed by atoms with E-state index in [9.17, 15) is 4.79 Å². The normalized spacial score (nSPS) is 13.4. The molecule has 1 aliphatic heterocycles. The summed E-state index contributed by atoms with van der Waals surface area (Å²) in [5, 5.41) is 0.810. The maximum Gasteiger partial charge on any atom is 0.237 e. The van der Waals surface area contributed by atoms with E-state index < -0.39 is 0 Å². The minimum absolute atomic E-state index is 0.114. The lowest BCUT2D eigenvalue weighted by atomic mass is 10.0. The molecule has 144 valence electrons. The Morgan fingerprint density at radius 3 is 2.86 bits per heavy atom. The summed E-state index contributed by atoms with van der Waals surface area (Å²) >= 11 is 1.47. The number of H-pyrrole nitrogens is 1. The first-order chi connectivity index (χ1) is 14.3. The summed E-state index contributed by atoms with van der Waals surface area (Å²) in [6.45, 7) is 0.773. The monoisotopic (exact) mass is 400 g/mol. The molecule has 0 fully saturated rings. The molecule has 0 radical (unpaired) electrons. The van der Waals surface area contributed by atoms with Crippen LogP contribution in [0.1, 0.15) is 12.0 Å². The summed E-state index contributed by atoms with van der Waals surface area (Å²) in [4.78, 5) is 27.5. The molecular weight excluding hydrogens is 380 g/mol. The first-order valence-corrected chi connectivity index (χ1v) is 10.7. The number of hydrogen-bond acceptors (Lipinski definition) is 4. The molecule has 4 aromatic rings. The Morgan fingerprint density at radius 1 is 1.07 bits per heavy atom. The number of nitrogens with zero attached hydrogens (tertiary/aromatic N) is 3. The quantitative estimate of drug-likeness (QED) is 0.505. The van der Waals surface area contributed by atoms with Crippen LogP contribution in [0.4, 0.5) is 5.69 Å². The topological polar surface area (TPSA) is 61.9 Å². The molecule has 2 aromatic carbocycles. The third kappa shape index (κ3) is 3.51. The van der Waals surface area contributed by atoms with Gasteiger partial charge in [0, 0.05) is 24.0 Å². The van der Waals surface area contributed by atoms with E-state index in [4.69, 9.17) is 0 Å². The van der Waals surface area contributed by atoms with Gasteiger partial charge in [-0.1, -0.05) is 42.1 Å². The Hall–Kier alpha value is -3.12. The van der Waals surface area contributed by atoms with Crippen molar-refractivity contribution in [2.45, 2.75) is 17.9 Å². The minimum atomic E-state index is 0.114. The van der Waals surface area contributed by atoms with E-state index in [0.717, 1.165) is 52.5 Å². The average molecular weight is 401 g/mol. The second kappa shape index (κ2) is 7.72. The highest BCUT2D eigenvalue weighted by Crippen LogP contribution is 2.31. The van der Waals surface area contributed by atoms with Crippen molar-refractivity contribution in [1.82, 2.24) is 15.0 Å². The van der Waals surface area contributed by atoms with Gasteiger partial charge in [0.05, 0.1) is 16.8 Å². The van der Waals surface area contributed by atoms with Crippen molar-refractivity contribution in [2.24, 2.45) is 0 Å². The maximum absolute atomic E-state index is 13.0. The highest BCUT2D eigenvalue weighted by molar-refractivity contribution is 8.00. The smallest absolute Gasteiger partial charge is 0.237 e. The number of thioether (sulfide) groups is 1. The molecule has 5 nitrogen and oxygen atoms in total. The van der Waals surface area contributed by atoms with Crippen molar-refractivity contribution in [3.63, 3.8) is 0 Å². The molecule has 0 spiro atoms. The first-order valence-electron chi connectivity index (χ1n) is 9.71. The summed E-state index contributed by atoms with van der Waals surface area (Å²) in [5.74, 6) is 1.24. The van der Waals surface area contributed by atoms with Crippen molar-refractivity contribution in [1.29, 1.82) is 0 Å². The number of nitrogens with one attached hydrogen (secondary N) is 1. The summed E-state index contributed by atoms with van der Waals surface area (Å²) in [6, 6.07) is 20.0. The molecule has 1 aliphatic rings. The third-order valence-electron chi connectivity index (χ3n) is 5.16. The number of imidazole rings is 1. The SMILES string of the molecule is O=C(CSc1ncccc1-c1nc2ccccc2[nH]1)N1CCCc2ccccc21. The fourth-order valence-corrected chi connectivity index (χ4v) is 4.64. The third-order valence-corrected chi connectivity index (χ3v) is 6.15. The van der Waals surface area contributed by atoms with Crippen LogP contribution in [0.5, 0.6) is 0 Å². The number of aromatic nitrogens is 3. The fourth-order valence-electron chi connectivity index (χ4n) is 3.77. The van der Waals surface area contributed by atoms with Gasteiger partial charge in [0.2, 0.25) is 5.91 Å². The zero-order valence-electron chi connectivity index (χ0n) is 15.8. The zero-order valence-corrected chi connectivity index (χ0v) is 16.7. The van der Waals surface area contributed by atoms with Gasteiger partial charge in [0.15, 0.2) is 0 Å². The number of carbonyl (C=O) groups excluding carboxylic acids is 1. The Kier molecular flexibility index (Phi) is 4.77. The van der Waals surface area contributed by atoms with Gasteiger partial charge in [0.1, 0.15) is 10.9 Å². The molecule has 0 saturated carbocycles. The van der Waals surface area contributed by atoms with E-state index in [1.807, 2.05) is 59.5 Å². The zero-order chi connectivity index (χ0) is 19.6. The number of rotatable bonds is 4. The average Bonchev–Trinajstić information content (AvgIpc) is 3.21. The van der Waals surface area contributed by atoms with Gasteiger partial charge < -0.3 is 9.88 Å². The Labute approximate surface area is 173 Å². The lowest BCUT2D eigenvalue weighted by molar-refractivity contribution is -0.116. The van der Waals surface area contributed by atoms with Crippen molar-refractivity contribution >= 4 is 34.4 Å². The van der Waals surface area contributed by atoms with E-state index in [1.54, 1.807) is 6.20 Å². The molecule has 0 aliphatic carbocycles. The second-order valence-electron chi connectivity index (χ2n) is 7.02. The van der Waals surface area contributed by atoms with Crippen LogP contribution in [0.25, 0.3) is 22.4 Å². The van der Waals surface area contributed by atoms with Gasteiger partial charge in [-0.3, -0.25) is 4.79 Å². The number of pyridine rings is 1. The number of amides is 1. The predicted molar refractivity (Wildman–Crippen MR) is 117 cm³/mol. The van der Waals surface area contributed by atoms with Crippen LogP contribution in [0.15, 0.2) is 71.9 Å². The van der Waals surface area contributed by atoms with Crippen molar-refractivity contribution in [3.8, 4) is 11.4 Å². The molecule has 2 aromatic heterocycles. The predicted octanol–water partition coefficient (Wildman–Crippen LogP) is 4.70. The van der Waals surface area contributed by atoms with Crippen LogP contribution in [-0.2, 0) is 11.2 Å². The van der Waals surface area contributed by atoms with Gasteiger partial charge in [-0.2, -0.15) is 0 Å². The van der Waals surface area contributed by atoms with E-state index in [-0.39, 0.29) is 5.91 Å². The van der Waals surface area contributed by atoms with Gasteiger partial charge in [0.25, 0.3) is 0 Å². The van der Waals surface area contributed by atoms with E-state index in [1.165, 1.54) is 17.3 Å². The number of para-hydroxylation sites is 3. The molecule has 0 unspecified atom stereocenters. The number of aryl methyl sites for hydroxylation is 1. The van der Waals surface area contributed by atoms with E-state index >= 15 is 0 Å². The lowest BCUT2D eigenvalue weighted by Gasteiger charge is -2.29. The van der Waals surface area contributed by atoms with Crippen LogP contribution >= 0.6 is 11.8 Å². The largest absolute Gasteiger partial charge is 0.338 e. The summed E-state index contributed by atoms with van der Waals surface area (Å²) in [6.07, 6.45) is 3.79. The highest BCUT2D eigenvalue weighted by atomic mass is 32.2. The van der Waals surface area contributed by atoms with E-state index in [0.29, 0.717) is 5.75 Å². The van der Waals surface area contributed by atoms with Gasteiger partial charge in [-0.25, -0.2) is 9.97 Å². The highest BCUT2D eigenvalue weighted by Gasteiger charge is 2.22. The number of carbonyl (C=O) groups is 1. The molecule has 0 saturated heterocycles. The van der Waals surface area contributed by atoms with Gasteiger partial charge in [-0.05, 0) is 48.7 Å². The molecule has 1 amide bonds. The molecule has 5 rings (SSSR count). The molecule has 0 bridgehead atoms. The molecule has 0 atom stereocenters. The Morgan fingerprint density at radius 2 is 1.93 bits per heavy atom. The van der Waals surface area contributed by atoms with Crippen LogP contribution < -0.4 is 4.90 Å². The van der Waals surface area contributed by atoms with Gasteiger partial charge in [-0.15, -0.1) is 0 Å². The summed E-state index contributed by atoms with van der Waals surface area (Å²) in [7, 11) is 0. The number of fused-ring (bicyclic) bond motifs is 2. The fraction of sp³-hybridized carbons (Fsp3) is 0.174. The first kappa shape index (κ1) is 17.9. The van der Waals surface area contributed by atoms with Crippen LogP contribution in [0, 0.1) is 0 Å². The number of anilines is 1. The molecule has 29 heavy (non-hydrogen) atoms. The Bertz CT molecular complexity index is 1150. The van der Waals surface area contributed by atoms with Crippen LogP contribution in [0.3, 0.4) is 0 Å². The van der Waals surface area contributed by atoms with Crippen LogP contribution in [-0.4, -0.2) is 33.2 Å². The second-order valence-corrected chi connectivity index (χ2v) is 7.99. The number of aromatic amines is 1. The van der Waals surface area contributed by atoms with Crippen molar-refractivity contribution < 1.29 is 4.79 Å². The maximum atomic E-state index is 13.0. The molecule has 1 N–H and O–H groups in total. The summed E-state index contributed by atoms with van der Waals surface area (Å²) in [5.41, 5.74) is 5.12. The number of hydrogen-bond donors (Lipinski definition) is 1. The lowest BCUT2D eigenvalue weighted by Crippen LogP contribution is -2.36. The van der Waals surface area contributed by atoms with Gasteiger partial charge >= 0.3 is 0 Å². The Balaban J connectivity index is 1.38. The molecular formula is C23H20N4OS. The molecule has 3 heterocycles. The standard InChI is InChI=1S/C23H20N4OS/c28-21(27-14-6-8-16-7-1-4-12-20(16)27)15-29-23-17(9-5-13-24-23)22-25-18-10-2-3-11-19(18)26-22/h1-5,7,9-13H,6,8,14-15H2,(H,25,26). The van der Waals surface area contributed by atoms with Crippen LogP contribution in [0.2, 0.25) is 0 Å². The minimum Gasteiger partial charge on any atom is -0.338 e. The van der Waals surface area contributed by atoms with Crippen molar-refractivity contribution in [2.75, 3.05) is 17.2 Å². The number of benzene rings is 2. The van der Waals surface area contributed by atoms with Crippen molar-refractivity contribution in [3.05, 3.63) is 72.4 Å². The molecule has 6 heteroatoms.